The largest absolute Gasteiger partial charge is 0.466 e. The number of nitrogens with zero attached hydrogens (tertiary/aromatic N) is 1. The molecule has 3 aromatic rings. The summed E-state index contributed by atoms with van der Waals surface area (Å²) >= 11 is 6.39. The van der Waals surface area contributed by atoms with Crippen LogP contribution in [0.1, 0.15) is 54.8 Å². The average molecular weight is 487 g/mol. The van der Waals surface area contributed by atoms with Crippen LogP contribution in [0.15, 0.2) is 47.5 Å². The van der Waals surface area contributed by atoms with E-state index in [-0.39, 0.29) is 15.8 Å². The molecule has 2 aromatic heterocycles. The van der Waals surface area contributed by atoms with Gasteiger partial charge >= 0.3 is 5.97 Å². The number of hydrogen-bond donors (Lipinski definition) is 1. The Bertz CT molecular complexity index is 1310. The number of hydrogen-bond acceptors (Lipinski definition) is 5. The summed E-state index contributed by atoms with van der Waals surface area (Å²) in [6, 6.07) is 9.29. The van der Waals surface area contributed by atoms with Gasteiger partial charge in [0.15, 0.2) is 9.84 Å². The highest BCUT2D eigenvalue weighted by Gasteiger charge is 2.25. The molecule has 1 saturated carbocycles. The molecule has 0 amide bonds. The standard InChI is InChI=1S/C25H27ClN2O4S/c1-32-24(29)10-7-17-11-19-14-22(28-25(19)27-15-17)20(12-16-5-3-4-6-16)18-8-9-23(21(26)13-18)33(2,30)31/h7-11,13-16,20H,3-6,12H2,1-2H3,(H,27,28)/b10-7+. The molecule has 1 aliphatic rings. The normalized spacial score (nSPS) is 16.0. The Morgan fingerprint density at radius 1 is 1.27 bits per heavy atom. The number of carbonyl (C=O) groups is 1. The number of ether oxygens (including phenoxy) is 1. The Morgan fingerprint density at radius 2 is 2.03 bits per heavy atom. The summed E-state index contributed by atoms with van der Waals surface area (Å²) in [6.07, 6.45) is 11.8. The Balaban J connectivity index is 1.72. The molecule has 0 radical (unpaired) electrons. The number of fused-ring (bicyclic) bond motifs is 1. The first-order chi connectivity index (χ1) is 15.7. The molecule has 8 heteroatoms. The van der Waals surface area contributed by atoms with Crippen LogP contribution in [-0.2, 0) is 19.4 Å². The topological polar surface area (TPSA) is 89.1 Å². The Hall–Kier alpha value is -2.64. The van der Waals surface area contributed by atoms with Crippen LogP contribution < -0.4 is 0 Å². The van der Waals surface area contributed by atoms with E-state index >= 15 is 0 Å². The lowest BCUT2D eigenvalue weighted by Crippen LogP contribution is -2.08. The summed E-state index contributed by atoms with van der Waals surface area (Å²) in [5, 5.41) is 1.18. The first kappa shape index (κ1) is 23.5. The van der Waals surface area contributed by atoms with Crippen molar-refractivity contribution < 1.29 is 17.9 Å². The van der Waals surface area contributed by atoms with Crippen LogP contribution >= 0.6 is 11.6 Å². The predicted molar refractivity (Wildman–Crippen MR) is 130 cm³/mol. The third kappa shape index (κ3) is 5.47. The smallest absolute Gasteiger partial charge is 0.330 e. The average Bonchev–Trinajstić information content (AvgIpc) is 3.43. The molecule has 0 bridgehead atoms. The van der Waals surface area contributed by atoms with Gasteiger partial charge in [0.1, 0.15) is 5.65 Å². The van der Waals surface area contributed by atoms with Gasteiger partial charge in [0.05, 0.1) is 17.0 Å². The number of halogens is 1. The first-order valence-corrected chi connectivity index (χ1v) is 13.3. The molecule has 0 aliphatic heterocycles. The predicted octanol–water partition coefficient (Wildman–Crippen LogP) is 5.52. The third-order valence-electron chi connectivity index (χ3n) is 6.30. The second-order valence-electron chi connectivity index (χ2n) is 8.69. The summed E-state index contributed by atoms with van der Waals surface area (Å²) in [6.45, 7) is 0. The molecule has 1 N–H and O–H groups in total. The number of aromatic nitrogens is 2. The minimum Gasteiger partial charge on any atom is -0.466 e. The molecule has 0 spiro atoms. The van der Waals surface area contributed by atoms with E-state index in [0.29, 0.717) is 5.92 Å². The van der Waals surface area contributed by atoms with Gasteiger partial charge in [-0.25, -0.2) is 18.2 Å². The molecular formula is C25H27ClN2O4S. The van der Waals surface area contributed by atoms with Crippen LogP contribution in [0.4, 0.5) is 0 Å². The van der Waals surface area contributed by atoms with Gasteiger partial charge < -0.3 is 9.72 Å². The number of carbonyl (C=O) groups excluding carboxylic acids is 1. The van der Waals surface area contributed by atoms with Gasteiger partial charge in [0, 0.05) is 35.5 Å². The van der Waals surface area contributed by atoms with Crippen LogP contribution in [0, 0.1) is 5.92 Å². The second kappa shape index (κ2) is 9.69. The number of H-pyrrole nitrogens is 1. The number of aromatic amines is 1. The lowest BCUT2D eigenvalue weighted by Gasteiger charge is -2.21. The molecule has 1 atom stereocenters. The van der Waals surface area contributed by atoms with E-state index in [9.17, 15) is 13.2 Å². The number of sulfone groups is 1. The lowest BCUT2D eigenvalue weighted by molar-refractivity contribution is -0.134. The van der Waals surface area contributed by atoms with Crippen LogP contribution in [0.3, 0.4) is 0 Å². The SMILES string of the molecule is COC(=O)/C=C/c1cnc2[nH]c(C(CC3CCCC3)c3ccc(S(C)(=O)=O)c(Cl)c3)cc2c1. The van der Waals surface area contributed by atoms with Crippen molar-refractivity contribution >= 4 is 44.5 Å². The van der Waals surface area contributed by atoms with E-state index in [0.717, 1.165) is 34.3 Å². The van der Waals surface area contributed by atoms with Crippen molar-refractivity contribution in [2.24, 2.45) is 5.92 Å². The van der Waals surface area contributed by atoms with E-state index < -0.39 is 15.8 Å². The summed E-state index contributed by atoms with van der Waals surface area (Å²) in [5.41, 5.74) is 3.56. The summed E-state index contributed by atoms with van der Waals surface area (Å²) in [5.74, 6) is 0.236. The molecule has 1 aromatic carbocycles. The highest BCUT2D eigenvalue weighted by molar-refractivity contribution is 7.90. The van der Waals surface area contributed by atoms with Crippen molar-refractivity contribution in [1.29, 1.82) is 0 Å². The zero-order chi connectivity index (χ0) is 23.6. The van der Waals surface area contributed by atoms with Gasteiger partial charge in [-0.3, -0.25) is 0 Å². The van der Waals surface area contributed by atoms with Gasteiger partial charge in [-0.15, -0.1) is 0 Å². The number of pyridine rings is 1. The fourth-order valence-electron chi connectivity index (χ4n) is 4.62. The molecule has 4 rings (SSSR count). The van der Waals surface area contributed by atoms with Gasteiger partial charge in [0.25, 0.3) is 0 Å². The maximum Gasteiger partial charge on any atom is 0.330 e. The van der Waals surface area contributed by atoms with Crippen LogP contribution in [0.5, 0.6) is 0 Å². The molecular weight excluding hydrogens is 460 g/mol. The van der Waals surface area contributed by atoms with E-state index in [4.69, 9.17) is 11.6 Å². The summed E-state index contributed by atoms with van der Waals surface area (Å²) < 4.78 is 28.7. The Kier molecular flexibility index (Phi) is 6.91. The van der Waals surface area contributed by atoms with Gasteiger partial charge in [0.2, 0.25) is 0 Å². The quantitative estimate of drug-likeness (QED) is 0.351. The fourth-order valence-corrected chi connectivity index (χ4v) is 5.96. The van der Waals surface area contributed by atoms with E-state index in [2.05, 4.69) is 20.8 Å². The zero-order valence-electron chi connectivity index (χ0n) is 18.7. The minimum absolute atomic E-state index is 0.0440. The van der Waals surface area contributed by atoms with Gasteiger partial charge in [-0.05, 0) is 53.8 Å². The highest BCUT2D eigenvalue weighted by Crippen LogP contribution is 2.39. The number of nitrogens with one attached hydrogen (secondary N) is 1. The number of rotatable bonds is 7. The Morgan fingerprint density at radius 3 is 2.70 bits per heavy atom. The van der Waals surface area contributed by atoms with Gasteiger partial charge in [-0.2, -0.15) is 0 Å². The lowest BCUT2D eigenvalue weighted by atomic mass is 9.85. The van der Waals surface area contributed by atoms with Crippen molar-refractivity contribution in [2.45, 2.75) is 42.9 Å². The van der Waals surface area contributed by atoms with E-state index in [1.807, 2.05) is 12.1 Å². The third-order valence-corrected chi connectivity index (χ3v) is 7.88. The number of methoxy groups -OCH3 is 1. The molecule has 6 nitrogen and oxygen atoms in total. The van der Waals surface area contributed by atoms with Crippen molar-refractivity contribution in [3.8, 4) is 0 Å². The van der Waals surface area contributed by atoms with Gasteiger partial charge in [-0.1, -0.05) is 43.4 Å². The Labute approximate surface area is 198 Å². The molecule has 1 aliphatic carbocycles. The molecule has 1 fully saturated rings. The monoisotopic (exact) mass is 486 g/mol. The molecule has 1 unspecified atom stereocenters. The molecule has 0 saturated heterocycles. The summed E-state index contributed by atoms with van der Waals surface area (Å²) in [4.78, 5) is 19.5. The minimum atomic E-state index is -3.39. The second-order valence-corrected chi connectivity index (χ2v) is 11.1. The van der Waals surface area contributed by atoms with E-state index in [1.54, 1.807) is 24.4 Å². The van der Waals surface area contributed by atoms with Crippen molar-refractivity contribution in [2.75, 3.05) is 13.4 Å². The number of benzene rings is 1. The van der Waals surface area contributed by atoms with Crippen molar-refractivity contribution in [1.82, 2.24) is 9.97 Å². The highest BCUT2D eigenvalue weighted by atomic mass is 35.5. The molecule has 33 heavy (non-hydrogen) atoms. The zero-order valence-corrected chi connectivity index (χ0v) is 20.2. The fraction of sp³-hybridized carbons (Fsp3) is 0.360. The van der Waals surface area contributed by atoms with Crippen LogP contribution in [-0.4, -0.2) is 37.7 Å². The first-order valence-electron chi connectivity index (χ1n) is 11.0. The van der Waals surface area contributed by atoms with Crippen LogP contribution in [0.25, 0.3) is 17.1 Å². The molecule has 2 heterocycles. The maximum absolute atomic E-state index is 12.0. The van der Waals surface area contributed by atoms with Crippen molar-refractivity contribution in [3.63, 3.8) is 0 Å². The van der Waals surface area contributed by atoms with Crippen LogP contribution in [0.2, 0.25) is 5.02 Å². The number of esters is 1. The van der Waals surface area contributed by atoms with E-state index in [1.165, 1.54) is 45.1 Å². The maximum atomic E-state index is 12.0. The summed E-state index contributed by atoms with van der Waals surface area (Å²) in [7, 11) is -2.05. The van der Waals surface area contributed by atoms with Crippen molar-refractivity contribution in [3.05, 3.63) is 64.4 Å². The molecule has 174 valence electrons.